The monoisotopic (exact) mass is 182 g/mol. The summed E-state index contributed by atoms with van der Waals surface area (Å²) in [4.78, 5) is 2.64. The standard InChI is InChI=1S/C11H22N2/c1-10(2)13-8-4-3-5-11(9-13)6-7-12-11/h10,12H,3-9H2,1-2H3/t11-/m1/s1. The fraction of sp³-hybridized carbons (Fsp3) is 1.00. The van der Waals surface area contributed by atoms with E-state index in [-0.39, 0.29) is 0 Å². The molecule has 2 heteroatoms. The molecule has 2 fully saturated rings. The maximum Gasteiger partial charge on any atom is 0.0320 e. The molecular weight excluding hydrogens is 160 g/mol. The largest absolute Gasteiger partial charge is 0.310 e. The van der Waals surface area contributed by atoms with Crippen LogP contribution in [0.5, 0.6) is 0 Å². The average molecular weight is 182 g/mol. The van der Waals surface area contributed by atoms with E-state index in [9.17, 15) is 0 Å². The third-order valence-electron chi connectivity index (χ3n) is 3.69. The van der Waals surface area contributed by atoms with Crippen molar-refractivity contribution in [3.63, 3.8) is 0 Å². The van der Waals surface area contributed by atoms with Crippen LogP contribution in [0.3, 0.4) is 0 Å². The van der Waals surface area contributed by atoms with Gasteiger partial charge in [0.1, 0.15) is 0 Å². The van der Waals surface area contributed by atoms with Crippen molar-refractivity contribution >= 4 is 0 Å². The molecule has 2 nitrogen and oxygen atoms in total. The molecule has 2 aliphatic heterocycles. The van der Waals surface area contributed by atoms with Gasteiger partial charge in [0.25, 0.3) is 0 Å². The Labute approximate surface area is 81.7 Å². The Morgan fingerprint density at radius 1 is 1.23 bits per heavy atom. The quantitative estimate of drug-likeness (QED) is 0.663. The van der Waals surface area contributed by atoms with Crippen LogP contribution in [0.2, 0.25) is 0 Å². The summed E-state index contributed by atoms with van der Waals surface area (Å²) in [7, 11) is 0. The van der Waals surface area contributed by atoms with Gasteiger partial charge in [0.15, 0.2) is 0 Å². The van der Waals surface area contributed by atoms with Crippen molar-refractivity contribution in [3.8, 4) is 0 Å². The summed E-state index contributed by atoms with van der Waals surface area (Å²) in [6.45, 7) is 8.47. The zero-order valence-corrected chi connectivity index (χ0v) is 8.97. The summed E-state index contributed by atoms with van der Waals surface area (Å²) in [5, 5.41) is 3.64. The second-order valence-corrected chi connectivity index (χ2v) is 4.98. The van der Waals surface area contributed by atoms with Gasteiger partial charge >= 0.3 is 0 Å². The smallest absolute Gasteiger partial charge is 0.0320 e. The third kappa shape index (κ3) is 1.89. The SMILES string of the molecule is CC(C)N1CCCC[C@@]2(CCN2)C1. The lowest BCUT2D eigenvalue weighted by atomic mass is 9.83. The molecule has 0 radical (unpaired) electrons. The molecule has 0 bridgehead atoms. The first-order valence-electron chi connectivity index (χ1n) is 5.71. The van der Waals surface area contributed by atoms with Crippen LogP contribution >= 0.6 is 0 Å². The maximum absolute atomic E-state index is 3.64. The Kier molecular flexibility index (Phi) is 2.61. The number of rotatable bonds is 1. The Bertz CT molecular complexity index is 173. The molecule has 2 rings (SSSR count). The van der Waals surface area contributed by atoms with Crippen LogP contribution < -0.4 is 5.32 Å². The molecule has 1 spiro atoms. The average Bonchev–Trinajstić information content (AvgIpc) is 2.24. The van der Waals surface area contributed by atoms with Crippen molar-refractivity contribution in [2.45, 2.75) is 51.1 Å². The van der Waals surface area contributed by atoms with Gasteiger partial charge in [-0.1, -0.05) is 6.42 Å². The zero-order chi connectivity index (χ0) is 9.31. The van der Waals surface area contributed by atoms with E-state index in [1.54, 1.807) is 0 Å². The van der Waals surface area contributed by atoms with Gasteiger partial charge in [-0.25, -0.2) is 0 Å². The summed E-state index contributed by atoms with van der Waals surface area (Å²) < 4.78 is 0. The molecule has 76 valence electrons. The summed E-state index contributed by atoms with van der Waals surface area (Å²) >= 11 is 0. The Balaban J connectivity index is 1.98. The van der Waals surface area contributed by atoms with Crippen LogP contribution in [0.25, 0.3) is 0 Å². The maximum atomic E-state index is 3.64. The summed E-state index contributed by atoms with van der Waals surface area (Å²) in [5.74, 6) is 0. The lowest BCUT2D eigenvalue weighted by Gasteiger charge is -2.46. The molecule has 2 heterocycles. The minimum absolute atomic E-state index is 0.515. The van der Waals surface area contributed by atoms with Crippen LogP contribution in [-0.4, -0.2) is 36.1 Å². The van der Waals surface area contributed by atoms with Crippen molar-refractivity contribution in [2.75, 3.05) is 19.6 Å². The Hall–Kier alpha value is -0.0800. The summed E-state index contributed by atoms with van der Waals surface area (Å²) in [6, 6.07) is 0.720. The van der Waals surface area contributed by atoms with Crippen LogP contribution in [0.15, 0.2) is 0 Å². The van der Waals surface area contributed by atoms with Crippen molar-refractivity contribution < 1.29 is 0 Å². The first kappa shape index (κ1) is 9.47. The molecule has 13 heavy (non-hydrogen) atoms. The number of nitrogens with one attached hydrogen (secondary N) is 1. The van der Waals surface area contributed by atoms with Gasteiger partial charge in [-0.2, -0.15) is 0 Å². The van der Waals surface area contributed by atoms with Gasteiger partial charge in [0.05, 0.1) is 0 Å². The summed E-state index contributed by atoms with van der Waals surface area (Å²) in [5.41, 5.74) is 0.515. The highest BCUT2D eigenvalue weighted by molar-refractivity contribution is 5.00. The molecular formula is C11H22N2. The van der Waals surface area contributed by atoms with Crippen molar-refractivity contribution in [1.29, 1.82) is 0 Å². The molecule has 0 unspecified atom stereocenters. The van der Waals surface area contributed by atoms with Crippen molar-refractivity contribution in [1.82, 2.24) is 10.2 Å². The van der Waals surface area contributed by atoms with Crippen LogP contribution in [0.4, 0.5) is 0 Å². The van der Waals surface area contributed by atoms with E-state index in [2.05, 4.69) is 24.1 Å². The summed E-state index contributed by atoms with van der Waals surface area (Å²) in [6.07, 6.45) is 5.60. The van der Waals surface area contributed by atoms with E-state index in [0.717, 1.165) is 6.04 Å². The van der Waals surface area contributed by atoms with Gasteiger partial charge in [-0.15, -0.1) is 0 Å². The minimum Gasteiger partial charge on any atom is -0.310 e. The van der Waals surface area contributed by atoms with E-state index in [1.807, 2.05) is 0 Å². The normalized spacial score (nSPS) is 36.2. The zero-order valence-electron chi connectivity index (χ0n) is 8.97. The molecule has 1 atom stereocenters. The predicted octanol–water partition coefficient (Wildman–Crippen LogP) is 1.61. The van der Waals surface area contributed by atoms with Gasteiger partial charge < -0.3 is 5.32 Å². The van der Waals surface area contributed by atoms with E-state index < -0.39 is 0 Å². The Morgan fingerprint density at radius 2 is 2.00 bits per heavy atom. The number of hydrogen-bond donors (Lipinski definition) is 1. The van der Waals surface area contributed by atoms with Crippen molar-refractivity contribution in [2.24, 2.45) is 0 Å². The number of nitrogens with zero attached hydrogens (tertiary/aromatic N) is 1. The first-order valence-corrected chi connectivity index (χ1v) is 5.71. The van der Waals surface area contributed by atoms with Gasteiger partial charge in [-0.05, 0) is 46.2 Å². The molecule has 0 saturated carbocycles. The number of hydrogen-bond acceptors (Lipinski definition) is 2. The number of likely N-dealkylation sites (tertiary alicyclic amines) is 1. The topological polar surface area (TPSA) is 15.3 Å². The fourth-order valence-electron chi connectivity index (χ4n) is 2.59. The lowest BCUT2D eigenvalue weighted by molar-refractivity contribution is 0.112. The van der Waals surface area contributed by atoms with E-state index in [4.69, 9.17) is 0 Å². The van der Waals surface area contributed by atoms with Gasteiger partial charge in [-0.3, -0.25) is 4.90 Å². The Morgan fingerprint density at radius 3 is 2.54 bits per heavy atom. The molecule has 0 amide bonds. The molecule has 0 aromatic heterocycles. The third-order valence-corrected chi connectivity index (χ3v) is 3.69. The highest BCUT2D eigenvalue weighted by Gasteiger charge is 2.39. The van der Waals surface area contributed by atoms with Crippen molar-refractivity contribution in [3.05, 3.63) is 0 Å². The molecule has 0 aliphatic carbocycles. The molecule has 0 aromatic rings. The molecule has 0 aromatic carbocycles. The first-order chi connectivity index (χ1) is 6.22. The fourth-order valence-corrected chi connectivity index (χ4v) is 2.59. The second kappa shape index (κ2) is 3.58. The predicted molar refractivity (Wildman–Crippen MR) is 55.9 cm³/mol. The van der Waals surface area contributed by atoms with E-state index in [0.29, 0.717) is 5.54 Å². The van der Waals surface area contributed by atoms with E-state index >= 15 is 0 Å². The van der Waals surface area contributed by atoms with Gasteiger partial charge in [0.2, 0.25) is 0 Å². The van der Waals surface area contributed by atoms with Crippen LogP contribution in [0.1, 0.15) is 39.5 Å². The minimum atomic E-state index is 0.515. The molecule has 1 N–H and O–H groups in total. The molecule has 2 aliphatic rings. The van der Waals surface area contributed by atoms with Crippen LogP contribution in [-0.2, 0) is 0 Å². The van der Waals surface area contributed by atoms with E-state index in [1.165, 1.54) is 45.3 Å². The van der Waals surface area contributed by atoms with Gasteiger partial charge in [0, 0.05) is 18.1 Å². The highest BCUT2D eigenvalue weighted by atomic mass is 15.2. The van der Waals surface area contributed by atoms with Crippen LogP contribution in [0, 0.1) is 0 Å². The lowest BCUT2D eigenvalue weighted by Crippen LogP contribution is -2.62. The highest BCUT2D eigenvalue weighted by Crippen LogP contribution is 2.29. The second-order valence-electron chi connectivity index (χ2n) is 4.98. The molecule has 2 saturated heterocycles.